The number of hydrogen-bond donors (Lipinski definition) is 4. The van der Waals surface area contributed by atoms with Crippen LogP contribution in [0.25, 0.3) is 33.3 Å². The number of rotatable bonds is 17. The van der Waals surface area contributed by atoms with Gasteiger partial charge in [-0.25, -0.2) is 5.43 Å². The van der Waals surface area contributed by atoms with Crippen LogP contribution in [0.4, 0.5) is 0 Å². The number of hydrogen-bond acceptors (Lipinski definition) is 10. The molecule has 1 saturated carbocycles. The Balaban J connectivity index is 1.40. The Hall–Kier alpha value is -5.31. The van der Waals surface area contributed by atoms with Crippen LogP contribution in [0.5, 0.6) is 5.75 Å². The quantitative estimate of drug-likeness (QED) is 0.0877. The fourth-order valence-electron chi connectivity index (χ4n) is 9.15. The van der Waals surface area contributed by atoms with Crippen LogP contribution >= 0.6 is 0 Å². The number of esters is 1. The van der Waals surface area contributed by atoms with Gasteiger partial charge in [0.1, 0.15) is 17.8 Å². The smallest absolute Gasteiger partial charge is 0.302 e. The third kappa shape index (κ3) is 10.7. The molecule has 2 aromatic carbocycles. The minimum Gasteiger partial charge on any atom is -0.508 e. The lowest BCUT2D eigenvalue weighted by Gasteiger charge is -2.38. The number of phenolic OH excluding ortho intramolecular Hbond substituents is 1. The summed E-state index contributed by atoms with van der Waals surface area (Å²) in [5.41, 5.74) is 9.75. The second-order valence-corrected chi connectivity index (χ2v) is 18.5. The molecule has 3 heterocycles. The SMILES string of the molecule is CCn1c(-c2cccnc2[C@H](C)OC)c(CC(C)(C)COC(C)=O)c2cc(-c3cc(O)cc(C[C@H](NC(=O)[C@H](C(C)C)N(C)C(=O)[C@H]4C[C@H](O)C4)C(=O)N4CCCCN4)c3)ccc21. The number of nitrogens with one attached hydrogen (secondary N) is 2. The Kier molecular flexibility index (Phi) is 15.0. The summed E-state index contributed by atoms with van der Waals surface area (Å²) in [4.78, 5) is 60.0. The molecular formula is C49H66N6O8. The number of aliphatic hydroxyl groups excluding tert-OH is 1. The normalized spacial score (nSPS) is 18.1. The van der Waals surface area contributed by atoms with Crippen molar-refractivity contribution in [2.24, 2.45) is 17.3 Å². The van der Waals surface area contributed by atoms with Crippen LogP contribution in [0.3, 0.4) is 0 Å². The first-order valence-electron chi connectivity index (χ1n) is 22.3. The lowest BCUT2D eigenvalue weighted by Crippen LogP contribution is -2.60. The number of amides is 3. The molecule has 1 aliphatic carbocycles. The van der Waals surface area contributed by atoms with Gasteiger partial charge >= 0.3 is 5.97 Å². The molecule has 6 rings (SSSR count). The third-order valence-electron chi connectivity index (χ3n) is 12.5. The maximum atomic E-state index is 14.3. The highest BCUT2D eigenvalue weighted by Gasteiger charge is 2.40. The van der Waals surface area contributed by atoms with Crippen LogP contribution in [-0.4, -0.2) is 105 Å². The Morgan fingerprint density at radius 3 is 2.43 bits per heavy atom. The number of aromatic hydroxyl groups is 1. The van der Waals surface area contributed by atoms with E-state index in [2.05, 4.69) is 54.3 Å². The van der Waals surface area contributed by atoms with Crippen molar-refractivity contribution in [2.75, 3.05) is 33.9 Å². The maximum Gasteiger partial charge on any atom is 0.302 e. The maximum absolute atomic E-state index is 14.3. The number of benzene rings is 2. The van der Waals surface area contributed by atoms with E-state index in [-0.39, 0.29) is 54.5 Å². The summed E-state index contributed by atoms with van der Waals surface area (Å²) in [7, 11) is 3.28. The van der Waals surface area contributed by atoms with Crippen molar-refractivity contribution in [1.29, 1.82) is 0 Å². The summed E-state index contributed by atoms with van der Waals surface area (Å²) in [6.45, 7) is 15.4. The van der Waals surface area contributed by atoms with E-state index in [0.29, 0.717) is 44.5 Å². The molecule has 4 aromatic rings. The number of nitrogens with zero attached hydrogens (tertiary/aromatic N) is 4. The summed E-state index contributed by atoms with van der Waals surface area (Å²) in [6.07, 6.45) is 4.09. The van der Waals surface area contributed by atoms with Gasteiger partial charge in [0, 0.05) is 81.1 Å². The van der Waals surface area contributed by atoms with E-state index in [0.717, 1.165) is 57.4 Å². The highest BCUT2D eigenvalue weighted by Crippen LogP contribution is 2.42. The molecule has 2 aromatic heterocycles. The third-order valence-corrected chi connectivity index (χ3v) is 12.5. The molecule has 4 N–H and O–H groups in total. The Labute approximate surface area is 371 Å². The fourth-order valence-corrected chi connectivity index (χ4v) is 9.15. The topological polar surface area (TPSA) is 176 Å². The van der Waals surface area contributed by atoms with Crippen molar-refractivity contribution in [1.82, 2.24) is 30.2 Å². The molecule has 14 heteroatoms. The minimum atomic E-state index is -1.01. The monoisotopic (exact) mass is 866 g/mol. The molecule has 3 amide bonds. The molecule has 0 bridgehead atoms. The number of ether oxygens (including phenoxy) is 2. The minimum absolute atomic E-state index is 0.00686. The summed E-state index contributed by atoms with van der Waals surface area (Å²) in [5.74, 6) is -1.89. The van der Waals surface area contributed by atoms with Crippen molar-refractivity contribution < 1.29 is 38.9 Å². The van der Waals surface area contributed by atoms with Gasteiger partial charge in [-0.05, 0) is 111 Å². The van der Waals surface area contributed by atoms with Crippen molar-refractivity contribution in [3.05, 3.63) is 71.5 Å². The van der Waals surface area contributed by atoms with Gasteiger partial charge in [0.15, 0.2) is 0 Å². The van der Waals surface area contributed by atoms with Gasteiger partial charge < -0.3 is 34.5 Å². The lowest BCUT2D eigenvalue weighted by atomic mass is 9.81. The zero-order chi connectivity index (χ0) is 45.7. The zero-order valence-corrected chi connectivity index (χ0v) is 38.4. The Bertz CT molecular complexity index is 2290. The predicted octanol–water partition coefficient (Wildman–Crippen LogP) is 6.34. The molecule has 0 radical (unpaired) electrons. The first kappa shape index (κ1) is 47.2. The highest BCUT2D eigenvalue weighted by atomic mass is 16.5. The van der Waals surface area contributed by atoms with E-state index in [1.807, 2.05) is 39.0 Å². The number of methoxy groups -OCH3 is 1. The summed E-state index contributed by atoms with van der Waals surface area (Å²) in [6, 6.07) is 13.6. The molecule has 1 aliphatic heterocycles. The van der Waals surface area contributed by atoms with Gasteiger partial charge in [-0.15, -0.1) is 0 Å². The van der Waals surface area contributed by atoms with Crippen LogP contribution < -0.4 is 10.7 Å². The second kappa shape index (κ2) is 20.0. The van der Waals surface area contributed by atoms with E-state index in [1.54, 1.807) is 37.5 Å². The molecule has 0 unspecified atom stereocenters. The number of aliphatic hydroxyl groups is 1. The number of pyridine rings is 1. The van der Waals surface area contributed by atoms with Crippen LogP contribution in [0.15, 0.2) is 54.7 Å². The molecular weight excluding hydrogens is 801 g/mol. The van der Waals surface area contributed by atoms with Gasteiger partial charge in [-0.3, -0.25) is 29.2 Å². The second-order valence-electron chi connectivity index (χ2n) is 18.5. The summed E-state index contributed by atoms with van der Waals surface area (Å²) >= 11 is 0. The van der Waals surface area contributed by atoms with Crippen molar-refractivity contribution in [2.45, 2.75) is 118 Å². The van der Waals surface area contributed by atoms with Gasteiger partial charge in [-0.2, -0.15) is 0 Å². The lowest BCUT2D eigenvalue weighted by molar-refractivity contribution is -0.149. The van der Waals surface area contributed by atoms with E-state index < -0.39 is 29.5 Å². The van der Waals surface area contributed by atoms with Crippen LogP contribution in [0.1, 0.15) is 97.1 Å². The van der Waals surface area contributed by atoms with Crippen LogP contribution in [-0.2, 0) is 48.0 Å². The number of carbonyl (C=O) groups is 4. The zero-order valence-electron chi connectivity index (χ0n) is 38.4. The highest BCUT2D eigenvalue weighted by molar-refractivity contribution is 5.96. The number of hydrazine groups is 1. The van der Waals surface area contributed by atoms with Gasteiger partial charge in [0.25, 0.3) is 5.91 Å². The van der Waals surface area contributed by atoms with Crippen LogP contribution in [0, 0.1) is 17.3 Å². The molecule has 2 aliphatic rings. The standard InChI is InChI=1S/C49H66N6O8/c1-10-54-42-16-15-33(26-39(42)40(27-49(6,7)28-63-31(5)56)45(54)38-14-13-17-50-43(38)30(4)62-9)34-20-32(21-36(57)23-34)22-41(48(61)55-19-12-11-18-51-55)52-46(59)44(29(2)3)53(8)47(60)35-24-37(58)25-35/h13-17,20-21,23,26,29-30,35,37,41,44,51,57-58H,10-12,18-19,22,24-25,27-28H2,1-9H3,(H,52,59)/t30-,35-,37-,41-,44-/m0/s1. The number of carbonyl (C=O) groups excluding carboxylic acids is 4. The van der Waals surface area contributed by atoms with E-state index in [1.165, 1.54) is 11.8 Å². The number of aryl methyl sites for hydroxylation is 1. The molecule has 3 atom stereocenters. The average Bonchev–Trinajstić information content (AvgIpc) is 3.54. The molecule has 1 saturated heterocycles. The van der Waals surface area contributed by atoms with Gasteiger partial charge in [-0.1, -0.05) is 39.8 Å². The fraction of sp³-hybridized carbons (Fsp3) is 0.531. The molecule has 2 fully saturated rings. The first-order chi connectivity index (χ1) is 29.9. The predicted molar refractivity (Wildman–Crippen MR) is 242 cm³/mol. The largest absolute Gasteiger partial charge is 0.508 e. The first-order valence-corrected chi connectivity index (χ1v) is 22.3. The van der Waals surface area contributed by atoms with Crippen molar-refractivity contribution in [3.8, 4) is 28.1 Å². The average molecular weight is 867 g/mol. The van der Waals surface area contributed by atoms with Crippen molar-refractivity contribution in [3.63, 3.8) is 0 Å². The molecule has 63 heavy (non-hydrogen) atoms. The number of fused-ring (bicyclic) bond motifs is 1. The van der Waals surface area contributed by atoms with Gasteiger partial charge in [0.2, 0.25) is 11.8 Å². The van der Waals surface area contributed by atoms with E-state index in [9.17, 15) is 29.4 Å². The van der Waals surface area contributed by atoms with Crippen LogP contribution in [0.2, 0.25) is 0 Å². The number of aromatic nitrogens is 2. The Morgan fingerprint density at radius 2 is 1.79 bits per heavy atom. The Morgan fingerprint density at radius 1 is 1.05 bits per heavy atom. The summed E-state index contributed by atoms with van der Waals surface area (Å²) < 4.78 is 13.6. The molecule has 14 nitrogen and oxygen atoms in total. The van der Waals surface area contributed by atoms with Crippen molar-refractivity contribution >= 4 is 34.6 Å². The van der Waals surface area contributed by atoms with E-state index in [4.69, 9.17) is 14.5 Å². The number of likely N-dealkylation sites (N-methyl/N-ethyl adjacent to an activating group) is 1. The van der Waals surface area contributed by atoms with E-state index >= 15 is 0 Å². The molecule has 340 valence electrons. The van der Waals surface area contributed by atoms with Gasteiger partial charge in [0.05, 0.1) is 30.2 Å². The molecule has 0 spiro atoms. The summed E-state index contributed by atoms with van der Waals surface area (Å²) in [5, 5.41) is 26.7. The number of phenols is 1.